The first-order valence-corrected chi connectivity index (χ1v) is 13.3. The van der Waals surface area contributed by atoms with Crippen LogP contribution in [0.3, 0.4) is 0 Å². The molecule has 0 bridgehead atoms. The Morgan fingerprint density at radius 2 is 1.56 bits per heavy atom. The van der Waals surface area contributed by atoms with Crippen molar-refractivity contribution in [3.8, 4) is 11.5 Å². The Labute approximate surface area is 236 Å². The maximum Gasteiger partial charge on any atom is 0.250 e. The molecule has 0 atom stereocenters. The Hall–Kier alpha value is -3.38. The van der Waals surface area contributed by atoms with Crippen LogP contribution in [-0.2, 0) is 16.1 Å². The number of hydrogen-bond acceptors (Lipinski definition) is 11. The molecular formula is C26H29Cl2N7O4. The van der Waals surface area contributed by atoms with E-state index >= 15 is 0 Å². The molecule has 0 saturated carbocycles. The number of hydrogen-bond donors (Lipinski definition) is 1. The zero-order valence-corrected chi connectivity index (χ0v) is 23.0. The Bertz CT molecular complexity index is 1270. The van der Waals surface area contributed by atoms with E-state index in [0.717, 1.165) is 11.1 Å². The Morgan fingerprint density at radius 3 is 2.18 bits per heavy atom. The summed E-state index contributed by atoms with van der Waals surface area (Å²) < 4.78 is 22.4. The normalized spacial score (nSPS) is 16.0. The van der Waals surface area contributed by atoms with Crippen LogP contribution in [0.25, 0.3) is 0 Å². The van der Waals surface area contributed by atoms with Gasteiger partial charge in [-0.3, -0.25) is 0 Å². The molecule has 3 aromatic rings. The van der Waals surface area contributed by atoms with E-state index in [1.807, 2.05) is 24.3 Å². The highest BCUT2D eigenvalue weighted by Gasteiger charge is 2.20. The first-order chi connectivity index (χ1) is 19.1. The minimum absolute atomic E-state index is 0.275. The van der Waals surface area contributed by atoms with Crippen molar-refractivity contribution < 1.29 is 18.9 Å². The molecule has 2 aliphatic rings. The zero-order chi connectivity index (χ0) is 27.0. The molecule has 13 heteroatoms. The van der Waals surface area contributed by atoms with Gasteiger partial charge >= 0.3 is 0 Å². The van der Waals surface area contributed by atoms with E-state index < -0.39 is 0 Å². The topological polar surface area (TPSA) is 106 Å². The lowest BCUT2D eigenvalue weighted by Gasteiger charge is -2.30. The molecule has 0 radical (unpaired) electrons. The number of methoxy groups -OCH3 is 1. The summed E-state index contributed by atoms with van der Waals surface area (Å²) in [6.07, 6.45) is 1.66. The van der Waals surface area contributed by atoms with Gasteiger partial charge in [0, 0.05) is 41.8 Å². The van der Waals surface area contributed by atoms with Crippen LogP contribution in [0.1, 0.15) is 11.1 Å². The Balaban J connectivity index is 1.28. The lowest BCUT2D eigenvalue weighted by atomic mass is 10.2. The number of rotatable bonds is 9. The number of aromatic nitrogens is 3. The maximum atomic E-state index is 6.26. The van der Waals surface area contributed by atoms with Gasteiger partial charge in [0.25, 0.3) is 0 Å². The summed E-state index contributed by atoms with van der Waals surface area (Å²) in [7, 11) is 1.59. The van der Waals surface area contributed by atoms with Crippen LogP contribution in [0.15, 0.2) is 41.5 Å². The third kappa shape index (κ3) is 7.18. The standard InChI is InChI=1S/C26H29Cl2N7O4/c1-36-23-14-18(2-5-22(23)39-17-19-3-4-20(27)15-21(19)28)16-29-33-24-30-25(34-6-10-37-11-7-34)32-26(31-24)35-8-12-38-13-9-35/h2-5,14-16H,6-13,17H2,1H3,(H,30,31,32,33). The van der Waals surface area contributed by atoms with Gasteiger partial charge in [-0.05, 0) is 35.9 Å². The molecule has 1 N–H and O–H groups in total. The van der Waals surface area contributed by atoms with Gasteiger partial charge in [-0.25, -0.2) is 5.43 Å². The number of hydrazone groups is 1. The van der Waals surface area contributed by atoms with Crippen molar-refractivity contribution >= 4 is 47.3 Å². The smallest absolute Gasteiger partial charge is 0.250 e. The second-order valence-electron chi connectivity index (χ2n) is 8.76. The second-order valence-corrected chi connectivity index (χ2v) is 9.61. The summed E-state index contributed by atoms with van der Waals surface area (Å²) in [5.41, 5.74) is 4.58. The van der Waals surface area contributed by atoms with E-state index in [4.69, 9.17) is 47.1 Å². The minimum Gasteiger partial charge on any atom is -0.493 e. The number of benzene rings is 2. The van der Waals surface area contributed by atoms with Gasteiger partial charge in [0.1, 0.15) is 6.61 Å². The quantitative estimate of drug-likeness (QED) is 0.299. The van der Waals surface area contributed by atoms with Gasteiger partial charge in [-0.1, -0.05) is 29.3 Å². The molecule has 206 valence electrons. The van der Waals surface area contributed by atoms with E-state index in [0.29, 0.717) is 92.0 Å². The number of nitrogens with one attached hydrogen (secondary N) is 1. The van der Waals surface area contributed by atoms with Crippen molar-refractivity contribution in [2.75, 3.05) is 74.9 Å². The monoisotopic (exact) mass is 573 g/mol. The van der Waals surface area contributed by atoms with Crippen molar-refractivity contribution in [3.05, 3.63) is 57.6 Å². The van der Waals surface area contributed by atoms with Gasteiger partial charge in [-0.2, -0.15) is 20.1 Å². The Morgan fingerprint density at radius 1 is 0.897 bits per heavy atom. The minimum atomic E-state index is 0.275. The predicted molar refractivity (Wildman–Crippen MR) is 151 cm³/mol. The van der Waals surface area contributed by atoms with Gasteiger partial charge in [0.15, 0.2) is 11.5 Å². The van der Waals surface area contributed by atoms with Crippen molar-refractivity contribution in [1.82, 2.24) is 15.0 Å². The molecule has 2 fully saturated rings. The molecule has 3 heterocycles. The molecule has 2 saturated heterocycles. The number of morpholine rings is 2. The molecule has 11 nitrogen and oxygen atoms in total. The van der Waals surface area contributed by atoms with Crippen LogP contribution >= 0.6 is 23.2 Å². The number of anilines is 3. The highest BCUT2D eigenvalue weighted by Crippen LogP contribution is 2.30. The first-order valence-electron chi connectivity index (χ1n) is 12.5. The van der Waals surface area contributed by atoms with Crippen molar-refractivity contribution in [1.29, 1.82) is 0 Å². The summed E-state index contributed by atoms with van der Waals surface area (Å²) in [5.74, 6) is 2.69. The third-order valence-corrected chi connectivity index (χ3v) is 6.75. The molecule has 2 aromatic carbocycles. The molecule has 39 heavy (non-hydrogen) atoms. The highest BCUT2D eigenvalue weighted by molar-refractivity contribution is 6.35. The lowest BCUT2D eigenvalue weighted by molar-refractivity contribution is 0.121. The van der Waals surface area contributed by atoms with Crippen LogP contribution in [0.2, 0.25) is 10.0 Å². The average Bonchev–Trinajstić information content (AvgIpc) is 2.98. The van der Waals surface area contributed by atoms with Crippen molar-refractivity contribution in [2.45, 2.75) is 6.61 Å². The SMILES string of the molecule is COc1cc(C=NNc2nc(N3CCOCC3)nc(N3CCOCC3)n2)ccc1OCc1ccc(Cl)cc1Cl. The molecule has 2 aliphatic heterocycles. The number of halogens is 2. The average molecular weight is 574 g/mol. The van der Waals surface area contributed by atoms with Crippen LogP contribution in [0, 0.1) is 0 Å². The largest absolute Gasteiger partial charge is 0.493 e. The molecule has 0 aliphatic carbocycles. The number of ether oxygens (including phenoxy) is 4. The maximum absolute atomic E-state index is 6.26. The van der Waals surface area contributed by atoms with E-state index in [-0.39, 0.29) is 6.61 Å². The van der Waals surface area contributed by atoms with Gasteiger partial charge < -0.3 is 28.7 Å². The van der Waals surface area contributed by atoms with E-state index in [1.54, 1.807) is 25.5 Å². The van der Waals surface area contributed by atoms with E-state index in [1.165, 1.54) is 0 Å². The van der Waals surface area contributed by atoms with Crippen molar-refractivity contribution in [3.63, 3.8) is 0 Å². The van der Waals surface area contributed by atoms with Gasteiger partial charge in [-0.15, -0.1) is 0 Å². The molecule has 0 spiro atoms. The van der Waals surface area contributed by atoms with E-state index in [2.05, 4.69) is 30.3 Å². The second kappa shape index (κ2) is 13.1. The molecule has 5 rings (SSSR count). The summed E-state index contributed by atoms with van der Waals surface area (Å²) in [6.45, 7) is 5.67. The molecule has 0 amide bonds. The molecule has 1 aromatic heterocycles. The van der Waals surface area contributed by atoms with Crippen LogP contribution in [0.4, 0.5) is 17.8 Å². The fraction of sp³-hybridized carbons (Fsp3) is 0.385. The summed E-state index contributed by atoms with van der Waals surface area (Å²) in [6, 6.07) is 10.8. The fourth-order valence-electron chi connectivity index (χ4n) is 4.06. The molecule has 0 unspecified atom stereocenters. The summed E-state index contributed by atoms with van der Waals surface area (Å²) in [4.78, 5) is 18.1. The lowest BCUT2D eigenvalue weighted by Crippen LogP contribution is -2.40. The first kappa shape index (κ1) is 27.2. The fourth-order valence-corrected chi connectivity index (χ4v) is 4.52. The third-order valence-electron chi connectivity index (χ3n) is 6.16. The number of nitrogens with zero attached hydrogens (tertiary/aromatic N) is 6. The van der Waals surface area contributed by atoms with Crippen molar-refractivity contribution in [2.24, 2.45) is 5.10 Å². The van der Waals surface area contributed by atoms with Crippen LogP contribution in [0.5, 0.6) is 11.5 Å². The van der Waals surface area contributed by atoms with Crippen LogP contribution < -0.4 is 24.7 Å². The Kier molecular flexibility index (Phi) is 9.15. The molecular weight excluding hydrogens is 545 g/mol. The van der Waals surface area contributed by atoms with Gasteiger partial charge in [0.2, 0.25) is 17.8 Å². The zero-order valence-electron chi connectivity index (χ0n) is 21.5. The summed E-state index contributed by atoms with van der Waals surface area (Å²) in [5, 5.41) is 5.48. The van der Waals surface area contributed by atoms with E-state index in [9.17, 15) is 0 Å². The summed E-state index contributed by atoms with van der Waals surface area (Å²) >= 11 is 12.2. The predicted octanol–water partition coefficient (Wildman–Crippen LogP) is 3.89. The van der Waals surface area contributed by atoms with Crippen LogP contribution in [-0.4, -0.2) is 80.9 Å². The highest BCUT2D eigenvalue weighted by atomic mass is 35.5. The van der Waals surface area contributed by atoms with Gasteiger partial charge in [0.05, 0.1) is 39.8 Å².